The molecule has 1 amide bonds. The molecule has 8 heteroatoms. The van der Waals surface area contributed by atoms with Gasteiger partial charge in [0.05, 0.1) is 0 Å². The molecule has 0 spiro atoms. The summed E-state index contributed by atoms with van der Waals surface area (Å²) in [5, 5.41) is 0. The molecule has 0 aromatic heterocycles. The van der Waals surface area contributed by atoms with Gasteiger partial charge in [-0.25, -0.2) is 0 Å². The molecular formula is C8H10F5NOS. The summed E-state index contributed by atoms with van der Waals surface area (Å²) in [4.78, 5) is 11.7. The van der Waals surface area contributed by atoms with Gasteiger partial charge in [0.2, 0.25) is 0 Å². The molecule has 0 aliphatic carbocycles. The van der Waals surface area contributed by atoms with Crippen LogP contribution < -0.4 is 0 Å². The zero-order valence-electron chi connectivity index (χ0n) is 8.35. The van der Waals surface area contributed by atoms with Crippen LogP contribution in [-0.4, -0.2) is 47.0 Å². The SMILES string of the molecule is CC1CSCCN1C(=O)C(F)(F)C(F)(F)F. The number of hydrogen-bond acceptors (Lipinski definition) is 2. The summed E-state index contributed by atoms with van der Waals surface area (Å²) in [6.07, 6.45) is -5.83. The fourth-order valence-corrected chi connectivity index (χ4v) is 2.34. The first-order valence-electron chi connectivity index (χ1n) is 4.51. The number of rotatable bonds is 1. The summed E-state index contributed by atoms with van der Waals surface area (Å²) in [6, 6.07) is -0.598. The Morgan fingerprint density at radius 2 is 1.88 bits per heavy atom. The van der Waals surface area contributed by atoms with E-state index in [1.54, 1.807) is 0 Å². The minimum atomic E-state index is -5.83. The summed E-state index contributed by atoms with van der Waals surface area (Å²) in [6.45, 7) is 1.38. The lowest BCUT2D eigenvalue weighted by Crippen LogP contribution is -2.56. The molecule has 1 heterocycles. The van der Waals surface area contributed by atoms with Gasteiger partial charge in [0.15, 0.2) is 0 Å². The summed E-state index contributed by atoms with van der Waals surface area (Å²) >= 11 is 1.42. The highest BCUT2D eigenvalue weighted by molar-refractivity contribution is 7.99. The number of carbonyl (C=O) groups is 1. The lowest BCUT2D eigenvalue weighted by atomic mass is 10.2. The maximum Gasteiger partial charge on any atom is 0.463 e. The summed E-state index contributed by atoms with van der Waals surface area (Å²) in [5.74, 6) is -6.68. The smallest absolute Gasteiger partial charge is 0.333 e. The molecule has 16 heavy (non-hydrogen) atoms. The Kier molecular flexibility index (Phi) is 3.71. The highest BCUT2D eigenvalue weighted by Gasteiger charge is 2.65. The standard InChI is InChI=1S/C8H10F5NOS/c1-5-4-16-3-2-14(5)6(15)7(9,10)8(11,12)13/h5H,2-4H2,1H3. The molecule has 2 nitrogen and oxygen atoms in total. The maximum absolute atomic E-state index is 12.8. The predicted octanol–water partition coefficient (Wildman–Crippen LogP) is 2.15. The van der Waals surface area contributed by atoms with Crippen LogP contribution in [0.2, 0.25) is 0 Å². The second kappa shape index (κ2) is 4.38. The lowest BCUT2D eigenvalue weighted by Gasteiger charge is -2.35. The fraction of sp³-hybridized carbons (Fsp3) is 0.875. The number of halogens is 5. The fourth-order valence-electron chi connectivity index (χ4n) is 1.33. The number of thioether (sulfide) groups is 1. The van der Waals surface area contributed by atoms with Crippen molar-refractivity contribution in [2.75, 3.05) is 18.1 Å². The number of carbonyl (C=O) groups excluding carboxylic acids is 1. The van der Waals surface area contributed by atoms with Gasteiger partial charge in [-0.15, -0.1) is 0 Å². The Hall–Kier alpha value is -0.530. The molecule has 0 bridgehead atoms. The van der Waals surface area contributed by atoms with Crippen LogP contribution >= 0.6 is 11.8 Å². The molecule has 0 aromatic rings. The first-order chi connectivity index (χ1) is 7.18. The van der Waals surface area contributed by atoms with Gasteiger partial charge in [-0.2, -0.15) is 33.7 Å². The Balaban J connectivity index is 2.84. The first kappa shape index (κ1) is 13.5. The zero-order valence-corrected chi connectivity index (χ0v) is 9.17. The van der Waals surface area contributed by atoms with Gasteiger partial charge in [-0.1, -0.05) is 0 Å². The monoisotopic (exact) mass is 263 g/mol. The molecular weight excluding hydrogens is 253 g/mol. The van der Waals surface area contributed by atoms with Crippen molar-refractivity contribution in [2.24, 2.45) is 0 Å². The number of alkyl halides is 5. The Morgan fingerprint density at radius 1 is 1.31 bits per heavy atom. The van der Waals surface area contributed by atoms with Crippen LogP contribution in [0.3, 0.4) is 0 Å². The van der Waals surface area contributed by atoms with E-state index >= 15 is 0 Å². The lowest BCUT2D eigenvalue weighted by molar-refractivity contribution is -0.275. The summed E-state index contributed by atoms with van der Waals surface area (Å²) in [7, 11) is 0. The zero-order chi connectivity index (χ0) is 12.6. The largest absolute Gasteiger partial charge is 0.463 e. The van der Waals surface area contributed by atoms with Gasteiger partial charge in [0.25, 0.3) is 0 Å². The highest BCUT2D eigenvalue weighted by Crippen LogP contribution is 2.37. The van der Waals surface area contributed by atoms with Gasteiger partial charge in [-0.3, -0.25) is 4.79 Å². The molecule has 0 aromatic carbocycles. The van der Waals surface area contributed by atoms with E-state index < -0.39 is 24.0 Å². The van der Waals surface area contributed by atoms with E-state index in [1.807, 2.05) is 0 Å². The van der Waals surface area contributed by atoms with E-state index in [0.717, 1.165) is 0 Å². The van der Waals surface area contributed by atoms with Gasteiger partial charge in [-0.05, 0) is 6.92 Å². The topological polar surface area (TPSA) is 20.3 Å². The van der Waals surface area contributed by atoms with Crippen LogP contribution in [0.1, 0.15) is 6.92 Å². The summed E-state index contributed by atoms with van der Waals surface area (Å²) < 4.78 is 61.4. The first-order valence-corrected chi connectivity index (χ1v) is 5.66. The molecule has 0 N–H and O–H groups in total. The van der Waals surface area contributed by atoms with E-state index in [4.69, 9.17) is 0 Å². The van der Waals surface area contributed by atoms with Crippen molar-refractivity contribution in [3.8, 4) is 0 Å². The van der Waals surface area contributed by atoms with E-state index in [0.29, 0.717) is 16.4 Å². The third kappa shape index (κ3) is 2.41. The molecule has 1 atom stereocenters. The molecule has 1 fully saturated rings. The normalized spacial score (nSPS) is 23.4. The summed E-state index contributed by atoms with van der Waals surface area (Å²) in [5.41, 5.74) is 0. The Labute approximate surface area is 93.2 Å². The number of hydrogen-bond donors (Lipinski definition) is 0. The van der Waals surface area contributed by atoms with Crippen molar-refractivity contribution >= 4 is 17.7 Å². The van der Waals surface area contributed by atoms with Crippen molar-refractivity contribution in [1.29, 1.82) is 0 Å². The molecule has 1 aliphatic rings. The molecule has 1 saturated heterocycles. The van der Waals surface area contributed by atoms with Crippen molar-refractivity contribution in [1.82, 2.24) is 4.90 Å². The second-order valence-electron chi connectivity index (χ2n) is 3.49. The molecule has 1 aliphatic heterocycles. The minimum absolute atomic E-state index is 0.0731. The Morgan fingerprint density at radius 3 is 2.31 bits per heavy atom. The van der Waals surface area contributed by atoms with Gasteiger partial charge in [0, 0.05) is 24.1 Å². The van der Waals surface area contributed by atoms with Crippen molar-refractivity contribution in [3.63, 3.8) is 0 Å². The van der Waals surface area contributed by atoms with Crippen LogP contribution in [0.15, 0.2) is 0 Å². The average Bonchev–Trinajstić information content (AvgIpc) is 2.15. The quantitative estimate of drug-likeness (QED) is 0.676. The maximum atomic E-state index is 12.8. The highest BCUT2D eigenvalue weighted by atomic mass is 32.2. The molecule has 94 valence electrons. The molecule has 0 saturated carbocycles. The van der Waals surface area contributed by atoms with Gasteiger partial charge < -0.3 is 4.90 Å². The van der Waals surface area contributed by atoms with Crippen LogP contribution in [0.4, 0.5) is 22.0 Å². The van der Waals surface area contributed by atoms with Crippen LogP contribution in [0.5, 0.6) is 0 Å². The van der Waals surface area contributed by atoms with E-state index in [1.165, 1.54) is 18.7 Å². The van der Waals surface area contributed by atoms with Gasteiger partial charge in [0.1, 0.15) is 0 Å². The third-order valence-corrected chi connectivity index (χ3v) is 3.44. The van der Waals surface area contributed by atoms with E-state index in [2.05, 4.69) is 0 Å². The average molecular weight is 263 g/mol. The van der Waals surface area contributed by atoms with Crippen molar-refractivity contribution in [2.45, 2.75) is 25.1 Å². The third-order valence-electron chi connectivity index (χ3n) is 2.25. The van der Waals surface area contributed by atoms with E-state index in [-0.39, 0.29) is 6.54 Å². The molecule has 1 rings (SSSR count). The second-order valence-corrected chi connectivity index (χ2v) is 4.64. The molecule has 1 unspecified atom stereocenters. The predicted molar refractivity (Wildman–Crippen MR) is 49.5 cm³/mol. The van der Waals surface area contributed by atoms with Crippen LogP contribution in [0.25, 0.3) is 0 Å². The van der Waals surface area contributed by atoms with Crippen LogP contribution in [0, 0.1) is 0 Å². The Bertz CT molecular complexity index is 280. The molecule has 0 radical (unpaired) electrons. The van der Waals surface area contributed by atoms with Crippen molar-refractivity contribution < 1.29 is 26.7 Å². The van der Waals surface area contributed by atoms with Crippen LogP contribution in [-0.2, 0) is 4.79 Å². The van der Waals surface area contributed by atoms with Crippen molar-refractivity contribution in [3.05, 3.63) is 0 Å². The van der Waals surface area contributed by atoms with Gasteiger partial charge >= 0.3 is 18.0 Å². The van der Waals surface area contributed by atoms with E-state index in [9.17, 15) is 26.7 Å². The number of amides is 1. The number of nitrogens with zero attached hydrogens (tertiary/aromatic N) is 1. The minimum Gasteiger partial charge on any atom is -0.333 e.